The van der Waals surface area contributed by atoms with Crippen LogP contribution >= 0.6 is 11.6 Å². The Morgan fingerprint density at radius 2 is 2.19 bits per heavy atom. The third kappa shape index (κ3) is 1.85. The van der Waals surface area contributed by atoms with Crippen molar-refractivity contribution in [1.29, 1.82) is 0 Å². The second-order valence-electron chi connectivity index (χ2n) is 3.24. The summed E-state index contributed by atoms with van der Waals surface area (Å²) in [5, 5.41) is 4.44. The first kappa shape index (κ1) is 10.5. The molecule has 0 spiro atoms. The summed E-state index contributed by atoms with van der Waals surface area (Å²) in [5.41, 5.74) is 12.2. The lowest BCUT2D eigenvalue weighted by Gasteiger charge is -2.06. The van der Waals surface area contributed by atoms with E-state index in [-0.39, 0.29) is 0 Å². The van der Waals surface area contributed by atoms with Crippen molar-refractivity contribution in [1.82, 2.24) is 9.78 Å². The predicted octanol–water partition coefficient (Wildman–Crippen LogP) is 1.21. The maximum Gasteiger partial charge on any atom is 0.250 e. The van der Waals surface area contributed by atoms with Gasteiger partial charge in [0, 0.05) is 5.02 Å². The average molecular weight is 237 g/mol. The summed E-state index contributed by atoms with van der Waals surface area (Å²) in [6, 6.07) is 4.81. The van der Waals surface area contributed by atoms with Crippen LogP contribution in [0.25, 0.3) is 5.69 Å². The molecule has 0 atom stereocenters. The zero-order valence-corrected chi connectivity index (χ0v) is 8.98. The number of nitrogens with zero attached hydrogens (tertiary/aromatic N) is 2. The number of amides is 1. The number of benzene rings is 1. The largest absolute Gasteiger partial charge is 0.396 e. The summed E-state index contributed by atoms with van der Waals surface area (Å²) in [4.78, 5) is 11.2. The first-order valence-corrected chi connectivity index (χ1v) is 4.85. The van der Waals surface area contributed by atoms with E-state index in [0.29, 0.717) is 22.0 Å². The van der Waals surface area contributed by atoms with Crippen LogP contribution in [0.1, 0.15) is 10.4 Å². The molecule has 1 aromatic heterocycles. The van der Waals surface area contributed by atoms with Gasteiger partial charge < -0.3 is 11.5 Å². The Morgan fingerprint density at radius 3 is 2.75 bits per heavy atom. The van der Waals surface area contributed by atoms with Gasteiger partial charge in [0.2, 0.25) is 0 Å². The molecule has 0 radical (unpaired) electrons. The summed E-state index contributed by atoms with van der Waals surface area (Å²) in [6.45, 7) is 0. The minimum atomic E-state index is -0.563. The van der Waals surface area contributed by atoms with Gasteiger partial charge in [0.15, 0.2) is 0 Å². The molecule has 6 heteroatoms. The average Bonchev–Trinajstić information content (AvgIpc) is 2.64. The summed E-state index contributed by atoms with van der Waals surface area (Å²) in [7, 11) is 0. The molecule has 0 aliphatic rings. The Bertz CT molecular complexity index is 550. The van der Waals surface area contributed by atoms with Gasteiger partial charge in [-0.1, -0.05) is 11.6 Å². The molecular weight excluding hydrogens is 228 g/mol. The molecular formula is C10H9ClN4O. The third-order valence-electron chi connectivity index (χ3n) is 2.07. The maximum atomic E-state index is 11.2. The second kappa shape index (κ2) is 3.86. The van der Waals surface area contributed by atoms with Crippen LogP contribution in [-0.2, 0) is 0 Å². The number of halogens is 1. The molecule has 4 N–H and O–H groups in total. The van der Waals surface area contributed by atoms with Gasteiger partial charge in [-0.3, -0.25) is 4.79 Å². The molecule has 2 aromatic rings. The normalized spacial score (nSPS) is 10.3. The number of carbonyl (C=O) groups is 1. The first-order valence-electron chi connectivity index (χ1n) is 4.48. The van der Waals surface area contributed by atoms with Crippen molar-refractivity contribution < 1.29 is 4.79 Å². The number of carbonyl (C=O) groups excluding carboxylic acids is 1. The molecule has 0 fully saturated rings. The SMILES string of the molecule is NC(=O)c1cc(Cl)ccc1-n1cc(N)cn1. The van der Waals surface area contributed by atoms with Crippen molar-refractivity contribution in [2.75, 3.05) is 5.73 Å². The van der Waals surface area contributed by atoms with Crippen LogP contribution in [0.3, 0.4) is 0 Å². The first-order chi connectivity index (χ1) is 7.58. The molecule has 0 aliphatic heterocycles. The predicted molar refractivity (Wildman–Crippen MR) is 61.5 cm³/mol. The number of rotatable bonds is 2. The molecule has 0 unspecified atom stereocenters. The van der Waals surface area contributed by atoms with E-state index in [1.165, 1.54) is 16.9 Å². The van der Waals surface area contributed by atoms with Crippen molar-refractivity contribution in [3.8, 4) is 5.69 Å². The Labute approximate surface area is 96.6 Å². The van der Waals surface area contributed by atoms with E-state index in [0.717, 1.165) is 0 Å². The smallest absolute Gasteiger partial charge is 0.250 e. The van der Waals surface area contributed by atoms with E-state index in [1.807, 2.05) is 0 Å². The van der Waals surface area contributed by atoms with Gasteiger partial charge in [0.1, 0.15) is 0 Å². The molecule has 82 valence electrons. The van der Waals surface area contributed by atoms with E-state index in [4.69, 9.17) is 23.1 Å². The summed E-state index contributed by atoms with van der Waals surface area (Å²) in [5.74, 6) is -0.563. The molecule has 1 heterocycles. The molecule has 2 rings (SSSR count). The molecule has 5 nitrogen and oxygen atoms in total. The highest BCUT2D eigenvalue weighted by atomic mass is 35.5. The van der Waals surface area contributed by atoms with Crippen molar-refractivity contribution in [2.45, 2.75) is 0 Å². The number of primary amides is 1. The highest BCUT2D eigenvalue weighted by Crippen LogP contribution is 2.19. The number of anilines is 1. The monoisotopic (exact) mass is 236 g/mol. The lowest BCUT2D eigenvalue weighted by Crippen LogP contribution is -2.14. The number of nitrogens with two attached hydrogens (primary N) is 2. The number of hydrogen-bond acceptors (Lipinski definition) is 3. The molecule has 0 aliphatic carbocycles. The van der Waals surface area contributed by atoms with Gasteiger partial charge in [-0.05, 0) is 18.2 Å². The van der Waals surface area contributed by atoms with E-state index >= 15 is 0 Å². The maximum absolute atomic E-state index is 11.2. The zero-order valence-electron chi connectivity index (χ0n) is 8.22. The topological polar surface area (TPSA) is 86.9 Å². The Balaban J connectivity index is 2.60. The van der Waals surface area contributed by atoms with Gasteiger partial charge in [0.05, 0.1) is 29.3 Å². The molecule has 1 amide bonds. The van der Waals surface area contributed by atoms with Crippen molar-refractivity contribution in [3.05, 3.63) is 41.2 Å². The molecule has 16 heavy (non-hydrogen) atoms. The summed E-state index contributed by atoms with van der Waals surface area (Å²) in [6.07, 6.45) is 3.08. The Morgan fingerprint density at radius 1 is 1.44 bits per heavy atom. The minimum Gasteiger partial charge on any atom is -0.396 e. The van der Waals surface area contributed by atoms with Gasteiger partial charge in [0.25, 0.3) is 5.91 Å². The standard InChI is InChI=1S/C10H9ClN4O/c11-6-1-2-9(8(3-6)10(13)16)15-5-7(12)4-14-15/h1-5H,12H2,(H2,13,16). The zero-order chi connectivity index (χ0) is 11.7. The van der Waals surface area contributed by atoms with Crippen LogP contribution in [0, 0.1) is 0 Å². The second-order valence-corrected chi connectivity index (χ2v) is 3.68. The van der Waals surface area contributed by atoms with Crippen LogP contribution in [0.2, 0.25) is 5.02 Å². The molecule has 0 saturated heterocycles. The van der Waals surface area contributed by atoms with E-state index in [2.05, 4.69) is 5.10 Å². The highest BCUT2D eigenvalue weighted by Gasteiger charge is 2.11. The van der Waals surface area contributed by atoms with Crippen molar-refractivity contribution >= 4 is 23.2 Å². The van der Waals surface area contributed by atoms with E-state index < -0.39 is 5.91 Å². The van der Waals surface area contributed by atoms with Crippen LogP contribution < -0.4 is 11.5 Å². The summed E-state index contributed by atoms with van der Waals surface area (Å²) >= 11 is 5.79. The molecule has 0 saturated carbocycles. The number of hydrogen-bond donors (Lipinski definition) is 2. The quantitative estimate of drug-likeness (QED) is 0.822. The van der Waals surface area contributed by atoms with Crippen LogP contribution in [0.15, 0.2) is 30.6 Å². The lowest BCUT2D eigenvalue weighted by atomic mass is 10.1. The van der Waals surface area contributed by atoms with Gasteiger partial charge in [-0.15, -0.1) is 0 Å². The van der Waals surface area contributed by atoms with Crippen LogP contribution in [-0.4, -0.2) is 15.7 Å². The molecule has 1 aromatic carbocycles. The minimum absolute atomic E-state index is 0.301. The van der Waals surface area contributed by atoms with Crippen molar-refractivity contribution in [3.63, 3.8) is 0 Å². The Hall–Kier alpha value is -2.01. The Kier molecular flexibility index (Phi) is 2.54. The third-order valence-corrected chi connectivity index (χ3v) is 2.31. The fraction of sp³-hybridized carbons (Fsp3) is 0. The van der Waals surface area contributed by atoms with E-state index in [1.54, 1.807) is 18.3 Å². The highest BCUT2D eigenvalue weighted by molar-refractivity contribution is 6.31. The number of aromatic nitrogens is 2. The van der Waals surface area contributed by atoms with Gasteiger partial charge >= 0.3 is 0 Å². The fourth-order valence-corrected chi connectivity index (χ4v) is 1.55. The van der Waals surface area contributed by atoms with Gasteiger partial charge in [-0.2, -0.15) is 5.10 Å². The fourth-order valence-electron chi connectivity index (χ4n) is 1.37. The summed E-state index contributed by atoms with van der Waals surface area (Å²) < 4.78 is 1.48. The van der Waals surface area contributed by atoms with Crippen LogP contribution in [0.4, 0.5) is 5.69 Å². The van der Waals surface area contributed by atoms with E-state index in [9.17, 15) is 4.79 Å². The van der Waals surface area contributed by atoms with Crippen molar-refractivity contribution in [2.24, 2.45) is 5.73 Å². The van der Waals surface area contributed by atoms with Crippen LogP contribution in [0.5, 0.6) is 0 Å². The van der Waals surface area contributed by atoms with Gasteiger partial charge in [-0.25, -0.2) is 4.68 Å². The number of nitrogen functional groups attached to an aromatic ring is 1. The lowest BCUT2D eigenvalue weighted by molar-refractivity contribution is 0.1000. The molecule has 0 bridgehead atoms.